The molecule has 0 spiro atoms. The van der Waals surface area contributed by atoms with Gasteiger partial charge in [0, 0.05) is 49.8 Å². The van der Waals surface area contributed by atoms with Gasteiger partial charge in [-0.2, -0.15) is 10.5 Å². The highest BCUT2D eigenvalue weighted by molar-refractivity contribution is 6.30. The molecular weight excluding hydrogens is 637 g/mol. The van der Waals surface area contributed by atoms with Crippen LogP contribution >= 0.6 is 23.2 Å². The van der Waals surface area contributed by atoms with E-state index >= 15 is 0 Å². The maximum absolute atomic E-state index is 14.7. The van der Waals surface area contributed by atoms with Crippen LogP contribution in [0.1, 0.15) is 47.7 Å². The second kappa shape index (κ2) is 15.3. The van der Waals surface area contributed by atoms with E-state index in [0.717, 1.165) is 11.1 Å². The summed E-state index contributed by atoms with van der Waals surface area (Å²) in [7, 11) is 1.70. The summed E-state index contributed by atoms with van der Waals surface area (Å²) >= 11 is 12.5. The molecule has 0 aromatic heterocycles. The lowest BCUT2D eigenvalue weighted by Gasteiger charge is -2.39. The van der Waals surface area contributed by atoms with Gasteiger partial charge >= 0.3 is 6.03 Å². The quantitative estimate of drug-likeness (QED) is 0.279. The average Bonchev–Trinajstić information content (AvgIpc) is 3.48. The number of piperazine rings is 1. The van der Waals surface area contributed by atoms with E-state index in [0.29, 0.717) is 72.1 Å². The van der Waals surface area contributed by atoms with Crippen molar-refractivity contribution >= 4 is 41.0 Å². The van der Waals surface area contributed by atoms with E-state index in [1.165, 1.54) is 0 Å². The highest BCUT2D eigenvalue weighted by atomic mass is 35.5. The van der Waals surface area contributed by atoms with Crippen molar-refractivity contribution in [1.29, 1.82) is 10.5 Å². The number of likely N-dealkylation sites (N-methyl/N-ethyl adjacent to an activating group) is 1. The van der Waals surface area contributed by atoms with Crippen LogP contribution in [0.3, 0.4) is 0 Å². The Kier molecular flexibility index (Phi) is 11.0. The minimum absolute atomic E-state index is 0.0631. The van der Waals surface area contributed by atoms with Crippen molar-refractivity contribution in [3.8, 4) is 17.9 Å². The summed E-state index contributed by atoms with van der Waals surface area (Å²) in [6.07, 6.45) is 0.278. The maximum atomic E-state index is 14.7. The molecule has 242 valence electrons. The molecule has 0 unspecified atom stereocenters. The van der Waals surface area contributed by atoms with E-state index in [1.807, 2.05) is 36.1 Å². The third-order valence-corrected chi connectivity index (χ3v) is 8.84. The van der Waals surface area contributed by atoms with Crippen LogP contribution in [0.4, 0.5) is 4.79 Å². The van der Waals surface area contributed by atoms with Gasteiger partial charge in [0.05, 0.1) is 48.9 Å². The van der Waals surface area contributed by atoms with Gasteiger partial charge in [0.1, 0.15) is 17.6 Å². The molecule has 1 fully saturated rings. The Morgan fingerprint density at radius 1 is 0.957 bits per heavy atom. The topological polar surface area (TPSA) is 116 Å². The summed E-state index contributed by atoms with van der Waals surface area (Å²) in [5.41, 5.74) is 2.75. The summed E-state index contributed by atoms with van der Waals surface area (Å²) in [5.74, 6) is 0.824. The van der Waals surface area contributed by atoms with Crippen LogP contribution in [-0.2, 0) is 4.79 Å². The molecule has 1 saturated heterocycles. The lowest BCUT2D eigenvalue weighted by Crippen LogP contribution is -2.55. The smallest absolute Gasteiger partial charge is 0.326 e. The molecule has 0 saturated carbocycles. The zero-order valence-corrected chi connectivity index (χ0v) is 27.8. The Labute approximate surface area is 285 Å². The SMILES string of the molecule is CCOc1cc(C#N)ccc1C1=N[C@@H](c2ccc(Cl)cc2)[C@@H](c2ccc(Cl)cc2)N1C(=O)N1CCN(CC(=O)N(C)CCC#N)CC1. The number of nitrogens with zero attached hydrogens (tertiary/aromatic N) is 7. The minimum Gasteiger partial charge on any atom is -0.493 e. The molecule has 2 heterocycles. The van der Waals surface area contributed by atoms with Crippen LogP contribution in [0.25, 0.3) is 0 Å². The van der Waals surface area contributed by atoms with Gasteiger partial charge < -0.3 is 14.5 Å². The molecule has 3 aromatic rings. The highest BCUT2D eigenvalue weighted by Gasteiger charge is 2.45. The van der Waals surface area contributed by atoms with Gasteiger partial charge in [0.15, 0.2) is 0 Å². The number of rotatable bonds is 9. The van der Waals surface area contributed by atoms with E-state index < -0.39 is 12.1 Å². The van der Waals surface area contributed by atoms with E-state index in [-0.39, 0.29) is 24.9 Å². The highest BCUT2D eigenvalue weighted by Crippen LogP contribution is 2.45. The molecule has 5 rings (SSSR count). The summed E-state index contributed by atoms with van der Waals surface area (Å²) < 4.78 is 5.99. The number of nitriles is 2. The van der Waals surface area contributed by atoms with Crippen LogP contribution in [0, 0.1) is 22.7 Å². The van der Waals surface area contributed by atoms with Gasteiger partial charge in [-0.1, -0.05) is 47.5 Å². The van der Waals surface area contributed by atoms with Crippen LogP contribution in [0.5, 0.6) is 5.75 Å². The number of amidine groups is 1. The zero-order chi connectivity index (χ0) is 33.5. The van der Waals surface area contributed by atoms with Crippen molar-refractivity contribution in [3.63, 3.8) is 0 Å². The summed E-state index contributed by atoms with van der Waals surface area (Å²) in [4.78, 5) is 39.7. The predicted molar refractivity (Wildman–Crippen MR) is 180 cm³/mol. The van der Waals surface area contributed by atoms with Crippen molar-refractivity contribution in [2.45, 2.75) is 25.4 Å². The first-order chi connectivity index (χ1) is 22.7. The number of amides is 3. The van der Waals surface area contributed by atoms with Crippen molar-refractivity contribution in [2.24, 2.45) is 4.99 Å². The number of carbonyl (C=O) groups is 2. The number of ether oxygens (including phenoxy) is 1. The Morgan fingerprint density at radius 3 is 2.19 bits per heavy atom. The van der Waals surface area contributed by atoms with E-state index in [9.17, 15) is 14.9 Å². The molecule has 10 nitrogen and oxygen atoms in total. The first-order valence-electron chi connectivity index (χ1n) is 15.4. The molecule has 0 N–H and O–H groups in total. The van der Waals surface area contributed by atoms with Crippen molar-refractivity contribution in [1.82, 2.24) is 19.6 Å². The minimum atomic E-state index is -0.533. The van der Waals surface area contributed by atoms with Crippen molar-refractivity contribution in [3.05, 3.63) is 99.0 Å². The van der Waals surface area contributed by atoms with Gasteiger partial charge in [0.25, 0.3) is 0 Å². The van der Waals surface area contributed by atoms with Crippen LogP contribution in [0.2, 0.25) is 10.0 Å². The van der Waals surface area contributed by atoms with Crippen molar-refractivity contribution < 1.29 is 14.3 Å². The Morgan fingerprint density at radius 2 is 1.60 bits per heavy atom. The van der Waals surface area contributed by atoms with Gasteiger partial charge in [-0.05, 0) is 60.5 Å². The summed E-state index contributed by atoms with van der Waals surface area (Å²) in [6.45, 7) is 4.65. The van der Waals surface area contributed by atoms with Crippen LogP contribution < -0.4 is 4.74 Å². The predicted octanol–water partition coefficient (Wildman–Crippen LogP) is 5.92. The number of hydrogen-bond acceptors (Lipinski definition) is 7. The number of hydrogen-bond donors (Lipinski definition) is 0. The van der Waals surface area contributed by atoms with E-state index in [4.69, 9.17) is 38.2 Å². The number of urea groups is 1. The molecule has 47 heavy (non-hydrogen) atoms. The summed E-state index contributed by atoms with van der Waals surface area (Å²) in [5, 5.41) is 19.6. The molecule has 3 aromatic carbocycles. The zero-order valence-electron chi connectivity index (χ0n) is 26.3. The van der Waals surface area contributed by atoms with Crippen LogP contribution in [-0.4, -0.2) is 90.3 Å². The monoisotopic (exact) mass is 671 g/mol. The van der Waals surface area contributed by atoms with E-state index in [1.54, 1.807) is 64.2 Å². The van der Waals surface area contributed by atoms with Gasteiger partial charge in [0.2, 0.25) is 5.91 Å². The molecule has 3 amide bonds. The number of carbonyl (C=O) groups excluding carboxylic acids is 2. The molecule has 2 atom stereocenters. The third kappa shape index (κ3) is 7.69. The molecule has 2 aliphatic heterocycles. The number of aliphatic imine (C=N–C) groups is 1. The third-order valence-electron chi connectivity index (χ3n) is 8.33. The fourth-order valence-electron chi connectivity index (χ4n) is 5.81. The number of benzene rings is 3. The number of halogens is 2. The fourth-order valence-corrected chi connectivity index (χ4v) is 6.06. The first-order valence-corrected chi connectivity index (χ1v) is 16.2. The van der Waals surface area contributed by atoms with E-state index in [2.05, 4.69) is 12.1 Å². The van der Waals surface area contributed by atoms with Gasteiger partial charge in [-0.15, -0.1) is 0 Å². The van der Waals surface area contributed by atoms with Gasteiger partial charge in [-0.25, -0.2) is 4.79 Å². The second-order valence-electron chi connectivity index (χ2n) is 11.3. The Bertz CT molecular complexity index is 1710. The fraction of sp³-hybridized carbons (Fsp3) is 0.343. The molecule has 0 radical (unpaired) electrons. The van der Waals surface area contributed by atoms with Gasteiger partial charge in [-0.3, -0.25) is 19.6 Å². The Balaban J connectivity index is 1.52. The van der Waals surface area contributed by atoms with Crippen molar-refractivity contribution in [2.75, 3.05) is 52.9 Å². The largest absolute Gasteiger partial charge is 0.493 e. The normalized spacial score (nSPS) is 17.9. The average molecular weight is 673 g/mol. The lowest BCUT2D eigenvalue weighted by atomic mass is 9.93. The molecule has 12 heteroatoms. The Hall–Kier alpha value is -4.61. The van der Waals surface area contributed by atoms with Crippen LogP contribution in [0.15, 0.2) is 71.7 Å². The molecule has 0 aliphatic carbocycles. The maximum Gasteiger partial charge on any atom is 0.326 e. The summed E-state index contributed by atoms with van der Waals surface area (Å²) in [6, 6.07) is 23.0. The molecule has 2 aliphatic rings. The second-order valence-corrected chi connectivity index (χ2v) is 12.2. The lowest BCUT2D eigenvalue weighted by molar-refractivity contribution is -0.131. The first kappa shape index (κ1) is 33.7. The standard InChI is InChI=1S/C35H35Cl2N7O3/c1-3-47-30-21-24(22-39)5-14-29(30)34-40-32(25-6-10-27(36)11-7-25)33(26-8-12-28(37)13-9-26)44(34)35(46)43-19-17-42(18-20-43)23-31(45)41(2)16-4-15-38/h5-14,21,32-33H,3-4,16-20,23H2,1-2H3/t32-,33+/m0/s1. The molecular formula is C35H35Cl2N7O3. The molecule has 0 bridgehead atoms.